The van der Waals surface area contributed by atoms with Gasteiger partial charge in [0, 0.05) is 13.0 Å². The van der Waals surface area contributed by atoms with Gasteiger partial charge in [-0.25, -0.2) is 0 Å². The Bertz CT molecular complexity index is 443. The fraction of sp³-hybridized carbons (Fsp3) is 0.760. The highest BCUT2D eigenvalue weighted by atomic mass is 16.2. The van der Waals surface area contributed by atoms with Crippen LogP contribution in [0.25, 0.3) is 0 Å². The van der Waals surface area contributed by atoms with Crippen LogP contribution in [0.1, 0.15) is 103 Å². The van der Waals surface area contributed by atoms with E-state index in [1.165, 1.54) is 89.9 Å². The molecule has 0 aromatic carbocycles. The summed E-state index contributed by atoms with van der Waals surface area (Å²) in [7, 11) is 0. The van der Waals surface area contributed by atoms with E-state index in [0.717, 1.165) is 13.0 Å². The molecule has 0 amide bonds. The van der Waals surface area contributed by atoms with Crippen LogP contribution in [0.3, 0.4) is 0 Å². The monoisotopic (exact) mass is 373 g/mol. The van der Waals surface area contributed by atoms with Crippen LogP contribution in [0, 0.1) is 11.8 Å². The molecule has 0 aliphatic carbocycles. The zero-order chi connectivity index (χ0) is 19.4. The number of aliphatic hydroxyl groups excluding tert-OH is 1. The largest absolute Gasteiger partial charge is 0.384 e. The van der Waals surface area contributed by atoms with Crippen LogP contribution < -0.4 is 0 Å². The van der Waals surface area contributed by atoms with Crippen molar-refractivity contribution in [3.05, 3.63) is 24.4 Å². The van der Waals surface area contributed by atoms with Crippen LogP contribution in [-0.2, 0) is 0 Å². The van der Waals surface area contributed by atoms with Gasteiger partial charge in [0.2, 0.25) is 0 Å². The van der Waals surface area contributed by atoms with Crippen LogP contribution in [0.5, 0.6) is 0 Å². The van der Waals surface area contributed by atoms with Gasteiger partial charge in [-0.1, -0.05) is 114 Å². The first kappa shape index (κ1) is 23.8. The van der Waals surface area contributed by atoms with Gasteiger partial charge < -0.3 is 10.0 Å². The lowest BCUT2D eigenvalue weighted by Crippen LogP contribution is -2.31. The molecule has 0 fully saturated rings. The smallest absolute Gasteiger partial charge is 0.104 e. The van der Waals surface area contributed by atoms with Crippen molar-refractivity contribution < 1.29 is 5.11 Å². The summed E-state index contributed by atoms with van der Waals surface area (Å²) in [5.41, 5.74) is 0. The molecule has 0 saturated carbocycles. The normalized spacial score (nSPS) is 15.8. The van der Waals surface area contributed by atoms with Gasteiger partial charge in [-0.15, -0.1) is 0 Å². The Labute approximate surface area is 169 Å². The molecule has 2 heteroatoms. The molecule has 1 atom stereocenters. The molecule has 27 heavy (non-hydrogen) atoms. The zero-order valence-corrected chi connectivity index (χ0v) is 17.8. The highest BCUT2D eigenvalue weighted by Gasteiger charge is 2.12. The van der Waals surface area contributed by atoms with E-state index in [1.54, 1.807) is 0 Å². The Hall–Kier alpha value is -1.20. The van der Waals surface area contributed by atoms with Crippen LogP contribution in [0.2, 0.25) is 0 Å². The third kappa shape index (κ3) is 13.6. The Morgan fingerprint density at radius 3 is 1.85 bits per heavy atom. The second-order valence-corrected chi connectivity index (χ2v) is 7.84. The lowest BCUT2D eigenvalue weighted by atomic mass is 10.0. The molecular formula is C25H43NO. The summed E-state index contributed by atoms with van der Waals surface area (Å²) in [6.45, 7) is 3.37. The summed E-state index contributed by atoms with van der Waals surface area (Å²) in [6, 6.07) is 0.371. The maximum Gasteiger partial charge on any atom is 0.104 e. The quantitative estimate of drug-likeness (QED) is 0.243. The average Bonchev–Trinajstić information content (AvgIpc) is 2.69. The van der Waals surface area contributed by atoms with Crippen molar-refractivity contribution in [2.24, 2.45) is 0 Å². The Kier molecular flexibility index (Phi) is 16.0. The number of hydrogen-bond acceptors (Lipinski definition) is 2. The molecule has 0 saturated heterocycles. The molecular weight excluding hydrogens is 330 g/mol. The topological polar surface area (TPSA) is 23.5 Å². The molecule has 0 spiro atoms. The third-order valence-corrected chi connectivity index (χ3v) is 5.43. The van der Waals surface area contributed by atoms with E-state index < -0.39 is 0 Å². The van der Waals surface area contributed by atoms with Gasteiger partial charge >= 0.3 is 0 Å². The minimum Gasteiger partial charge on any atom is -0.384 e. The van der Waals surface area contributed by atoms with Crippen molar-refractivity contribution in [3.8, 4) is 11.8 Å². The lowest BCUT2D eigenvalue weighted by Gasteiger charge is -2.29. The molecule has 0 aromatic heterocycles. The van der Waals surface area contributed by atoms with E-state index in [4.69, 9.17) is 5.11 Å². The lowest BCUT2D eigenvalue weighted by molar-refractivity contribution is 0.309. The number of nitrogens with zero attached hydrogens (tertiary/aromatic N) is 1. The summed E-state index contributed by atoms with van der Waals surface area (Å²) in [4.78, 5) is 2.40. The molecule has 154 valence electrons. The van der Waals surface area contributed by atoms with E-state index in [0.29, 0.717) is 6.04 Å². The maximum absolute atomic E-state index is 8.79. The standard InChI is InChI=1S/C25H43NO/c1-2-3-4-5-6-7-8-9-10-11-12-13-14-17-22-26-23-18-15-20-25(26)21-16-19-24-27/h15,18,20,23,25,27H,2-14,17,21-22,24H2,1H3. The van der Waals surface area contributed by atoms with Gasteiger partial charge in [-0.05, 0) is 18.7 Å². The fourth-order valence-corrected chi connectivity index (χ4v) is 3.72. The first-order valence-corrected chi connectivity index (χ1v) is 11.6. The van der Waals surface area contributed by atoms with Gasteiger partial charge in [0.1, 0.15) is 6.61 Å². The second kappa shape index (κ2) is 18.2. The van der Waals surface area contributed by atoms with Crippen LogP contribution in [0.15, 0.2) is 24.4 Å². The average molecular weight is 374 g/mol. The molecule has 0 bridgehead atoms. The number of rotatable bonds is 16. The minimum atomic E-state index is -0.0365. The molecule has 1 N–H and O–H groups in total. The number of allylic oxidation sites excluding steroid dienone is 2. The number of unbranched alkanes of at least 4 members (excludes halogenated alkanes) is 13. The summed E-state index contributed by atoms with van der Waals surface area (Å²) in [6.07, 6.45) is 29.1. The van der Waals surface area contributed by atoms with E-state index in [9.17, 15) is 0 Å². The molecule has 0 radical (unpaired) electrons. The SMILES string of the molecule is CCCCCCCCCCCCCCCCN1C=CC=CC1CC#CCO. The fourth-order valence-electron chi connectivity index (χ4n) is 3.72. The van der Waals surface area contributed by atoms with Gasteiger partial charge in [0.25, 0.3) is 0 Å². The van der Waals surface area contributed by atoms with Crippen LogP contribution >= 0.6 is 0 Å². The second-order valence-electron chi connectivity index (χ2n) is 7.84. The molecule has 1 unspecified atom stereocenters. The predicted octanol–water partition coefficient (Wildman–Crippen LogP) is 6.61. The molecule has 0 aromatic rings. The first-order chi connectivity index (χ1) is 13.4. The summed E-state index contributed by atoms with van der Waals surface area (Å²) >= 11 is 0. The van der Waals surface area contributed by atoms with Gasteiger partial charge in [0.05, 0.1) is 6.04 Å². The zero-order valence-electron chi connectivity index (χ0n) is 17.8. The maximum atomic E-state index is 8.79. The van der Waals surface area contributed by atoms with Crippen molar-refractivity contribution in [2.45, 2.75) is 109 Å². The molecule has 2 nitrogen and oxygen atoms in total. The first-order valence-electron chi connectivity index (χ1n) is 11.6. The Morgan fingerprint density at radius 2 is 1.30 bits per heavy atom. The minimum absolute atomic E-state index is 0.0365. The summed E-state index contributed by atoms with van der Waals surface area (Å²) < 4.78 is 0. The Morgan fingerprint density at radius 1 is 0.741 bits per heavy atom. The molecule has 1 rings (SSSR count). The molecule has 1 aliphatic rings. The van der Waals surface area contributed by atoms with Crippen molar-refractivity contribution >= 4 is 0 Å². The Balaban J connectivity index is 1.90. The molecule has 1 heterocycles. The highest BCUT2D eigenvalue weighted by molar-refractivity contribution is 5.16. The van der Waals surface area contributed by atoms with E-state index in [-0.39, 0.29) is 6.61 Å². The summed E-state index contributed by atoms with van der Waals surface area (Å²) in [5.74, 6) is 5.82. The van der Waals surface area contributed by atoms with Gasteiger partial charge in [-0.3, -0.25) is 0 Å². The number of hydrogen-bond donors (Lipinski definition) is 1. The van der Waals surface area contributed by atoms with Gasteiger partial charge in [0.15, 0.2) is 0 Å². The predicted molar refractivity (Wildman–Crippen MR) is 119 cm³/mol. The van der Waals surface area contributed by atoms with Crippen molar-refractivity contribution in [3.63, 3.8) is 0 Å². The van der Waals surface area contributed by atoms with E-state index in [2.05, 4.69) is 48.1 Å². The number of aliphatic hydroxyl groups is 1. The van der Waals surface area contributed by atoms with Crippen molar-refractivity contribution in [1.29, 1.82) is 0 Å². The molecule has 1 aliphatic heterocycles. The summed E-state index contributed by atoms with van der Waals surface area (Å²) in [5, 5.41) is 8.79. The van der Waals surface area contributed by atoms with Crippen molar-refractivity contribution in [1.82, 2.24) is 4.90 Å². The van der Waals surface area contributed by atoms with Gasteiger partial charge in [-0.2, -0.15) is 0 Å². The van der Waals surface area contributed by atoms with Crippen molar-refractivity contribution in [2.75, 3.05) is 13.2 Å². The van der Waals surface area contributed by atoms with Crippen LogP contribution in [-0.4, -0.2) is 29.2 Å². The van der Waals surface area contributed by atoms with Crippen LogP contribution in [0.4, 0.5) is 0 Å². The highest BCUT2D eigenvalue weighted by Crippen LogP contribution is 2.15. The van der Waals surface area contributed by atoms with E-state index >= 15 is 0 Å². The van der Waals surface area contributed by atoms with E-state index in [1.807, 2.05) is 0 Å². The third-order valence-electron chi connectivity index (χ3n) is 5.43.